The summed E-state index contributed by atoms with van der Waals surface area (Å²) in [6.07, 6.45) is 3.58. The number of methoxy groups -OCH3 is 1. The molecule has 0 amide bonds. The van der Waals surface area contributed by atoms with Crippen molar-refractivity contribution < 1.29 is 4.74 Å². The molecule has 0 saturated carbocycles. The number of fused-ring (bicyclic) bond motifs is 1. The summed E-state index contributed by atoms with van der Waals surface area (Å²) in [5, 5.41) is 8.86. The van der Waals surface area contributed by atoms with Crippen LogP contribution < -0.4 is 15.0 Å². The van der Waals surface area contributed by atoms with Crippen LogP contribution in [0.1, 0.15) is 5.56 Å². The molecule has 7 nitrogen and oxygen atoms in total. The molecule has 4 rings (SSSR count). The summed E-state index contributed by atoms with van der Waals surface area (Å²) in [7, 11) is 5.68. The van der Waals surface area contributed by atoms with Crippen LogP contribution in [-0.2, 0) is 6.54 Å². The molecule has 8 heteroatoms. The van der Waals surface area contributed by atoms with Crippen LogP contribution in [0, 0.1) is 0 Å². The SMILES string of the molecule is COc1ccc(-c2cnc3sc(NCc4ccc(N(C)C)cc4)nn23)cn1. The molecule has 0 atom stereocenters. The number of hydrogen-bond acceptors (Lipinski definition) is 7. The number of hydrogen-bond donors (Lipinski definition) is 1. The lowest BCUT2D eigenvalue weighted by Gasteiger charge is -2.12. The second-order valence-electron chi connectivity index (χ2n) is 6.25. The van der Waals surface area contributed by atoms with Crippen molar-refractivity contribution in [3.8, 4) is 17.1 Å². The van der Waals surface area contributed by atoms with Gasteiger partial charge in [-0.05, 0) is 23.8 Å². The highest BCUT2D eigenvalue weighted by Gasteiger charge is 2.12. The van der Waals surface area contributed by atoms with Gasteiger partial charge in [0, 0.05) is 44.2 Å². The van der Waals surface area contributed by atoms with Crippen molar-refractivity contribution >= 4 is 27.1 Å². The standard InChI is InChI=1S/C19H20N6OS/c1-24(2)15-7-4-13(5-8-15)10-21-18-23-25-16(12-22-19(25)27-18)14-6-9-17(26-3)20-11-14/h4-9,11-12H,10H2,1-3H3,(H,21,23). The zero-order chi connectivity index (χ0) is 18.8. The van der Waals surface area contributed by atoms with Crippen LogP contribution in [-0.4, -0.2) is 40.8 Å². The Morgan fingerprint density at radius 3 is 2.56 bits per heavy atom. The number of pyridine rings is 1. The second kappa shape index (κ2) is 7.24. The quantitative estimate of drug-likeness (QED) is 0.552. The predicted octanol–water partition coefficient (Wildman–Crippen LogP) is 3.54. The Morgan fingerprint density at radius 1 is 1.07 bits per heavy atom. The third-order valence-corrected chi connectivity index (χ3v) is 5.10. The van der Waals surface area contributed by atoms with Gasteiger partial charge in [-0.3, -0.25) is 0 Å². The third kappa shape index (κ3) is 3.56. The Kier molecular flexibility index (Phi) is 4.64. The number of benzene rings is 1. The number of nitrogens with one attached hydrogen (secondary N) is 1. The Labute approximate surface area is 161 Å². The first-order valence-electron chi connectivity index (χ1n) is 8.49. The first kappa shape index (κ1) is 17.3. The summed E-state index contributed by atoms with van der Waals surface area (Å²) >= 11 is 1.52. The molecule has 3 aromatic heterocycles. The fraction of sp³-hybridized carbons (Fsp3) is 0.211. The monoisotopic (exact) mass is 380 g/mol. The van der Waals surface area contributed by atoms with Crippen LogP contribution >= 0.6 is 11.3 Å². The van der Waals surface area contributed by atoms with Gasteiger partial charge in [0.2, 0.25) is 16.0 Å². The lowest BCUT2D eigenvalue weighted by Crippen LogP contribution is -2.08. The van der Waals surface area contributed by atoms with Gasteiger partial charge in [0.1, 0.15) is 0 Å². The maximum atomic E-state index is 5.11. The van der Waals surface area contributed by atoms with E-state index in [0.29, 0.717) is 12.4 Å². The van der Waals surface area contributed by atoms with E-state index in [1.54, 1.807) is 13.3 Å². The summed E-state index contributed by atoms with van der Waals surface area (Å²) in [6.45, 7) is 0.712. The van der Waals surface area contributed by atoms with Gasteiger partial charge in [0.05, 0.1) is 19.0 Å². The highest BCUT2D eigenvalue weighted by Crippen LogP contribution is 2.26. The smallest absolute Gasteiger partial charge is 0.214 e. The fourth-order valence-corrected chi connectivity index (χ4v) is 3.47. The maximum Gasteiger partial charge on any atom is 0.214 e. The minimum atomic E-state index is 0.584. The third-order valence-electron chi connectivity index (χ3n) is 4.22. The molecule has 1 aromatic carbocycles. The fourth-order valence-electron chi connectivity index (χ4n) is 2.70. The number of ether oxygens (including phenoxy) is 1. The van der Waals surface area contributed by atoms with E-state index in [9.17, 15) is 0 Å². The predicted molar refractivity (Wildman–Crippen MR) is 109 cm³/mol. The molecule has 27 heavy (non-hydrogen) atoms. The zero-order valence-electron chi connectivity index (χ0n) is 15.4. The Balaban J connectivity index is 1.51. The molecular formula is C19H20N6OS. The molecule has 1 N–H and O–H groups in total. The first-order chi connectivity index (χ1) is 13.1. The minimum Gasteiger partial charge on any atom is -0.481 e. The van der Waals surface area contributed by atoms with Crippen molar-refractivity contribution in [2.75, 3.05) is 31.4 Å². The number of rotatable bonds is 6. The van der Waals surface area contributed by atoms with E-state index in [2.05, 4.69) is 49.5 Å². The second-order valence-corrected chi connectivity index (χ2v) is 7.20. The van der Waals surface area contributed by atoms with Crippen molar-refractivity contribution in [2.45, 2.75) is 6.54 Å². The number of aromatic nitrogens is 4. The largest absolute Gasteiger partial charge is 0.481 e. The summed E-state index contributed by atoms with van der Waals surface area (Å²) in [4.78, 5) is 11.6. The van der Waals surface area contributed by atoms with Crippen LogP contribution in [0.4, 0.5) is 10.8 Å². The molecular weight excluding hydrogens is 360 g/mol. The number of nitrogens with zero attached hydrogens (tertiary/aromatic N) is 5. The molecule has 0 bridgehead atoms. The van der Waals surface area contributed by atoms with Gasteiger partial charge in [-0.15, -0.1) is 5.10 Å². The lowest BCUT2D eigenvalue weighted by molar-refractivity contribution is 0.398. The van der Waals surface area contributed by atoms with E-state index < -0.39 is 0 Å². The van der Waals surface area contributed by atoms with Gasteiger partial charge in [0.15, 0.2) is 0 Å². The Bertz CT molecular complexity index is 1040. The van der Waals surface area contributed by atoms with E-state index in [0.717, 1.165) is 21.3 Å². The van der Waals surface area contributed by atoms with Crippen molar-refractivity contribution in [2.24, 2.45) is 0 Å². The molecule has 0 spiro atoms. The summed E-state index contributed by atoms with van der Waals surface area (Å²) < 4.78 is 6.95. The number of anilines is 2. The van der Waals surface area contributed by atoms with Crippen molar-refractivity contribution in [1.82, 2.24) is 19.6 Å². The van der Waals surface area contributed by atoms with Gasteiger partial charge < -0.3 is 15.0 Å². The van der Waals surface area contributed by atoms with Gasteiger partial charge in [-0.2, -0.15) is 0 Å². The van der Waals surface area contributed by atoms with E-state index in [4.69, 9.17) is 4.74 Å². The Morgan fingerprint density at radius 2 is 1.89 bits per heavy atom. The highest BCUT2D eigenvalue weighted by atomic mass is 32.1. The topological polar surface area (TPSA) is 67.6 Å². The van der Waals surface area contributed by atoms with Crippen LogP contribution in [0.15, 0.2) is 48.8 Å². The molecule has 3 heterocycles. The molecule has 0 fully saturated rings. The highest BCUT2D eigenvalue weighted by molar-refractivity contribution is 7.20. The minimum absolute atomic E-state index is 0.584. The van der Waals surface area contributed by atoms with Crippen LogP contribution in [0.3, 0.4) is 0 Å². The average molecular weight is 380 g/mol. The lowest BCUT2D eigenvalue weighted by atomic mass is 10.2. The maximum absolute atomic E-state index is 5.11. The molecule has 0 aliphatic rings. The summed E-state index contributed by atoms with van der Waals surface area (Å²) in [5.41, 5.74) is 4.23. The molecule has 0 unspecified atom stereocenters. The van der Waals surface area contributed by atoms with Crippen LogP contribution in [0.2, 0.25) is 0 Å². The van der Waals surface area contributed by atoms with Gasteiger partial charge >= 0.3 is 0 Å². The molecule has 0 aliphatic heterocycles. The molecule has 0 saturated heterocycles. The van der Waals surface area contributed by atoms with E-state index in [1.807, 2.05) is 36.9 Å². The average Bonchev–Trinajstić information content (AvgIpc) is 3.27. The van der Waals surface area contributed by atoms with Crippen LogP contribution in [0.25, 0.3) is 16.2 Å². The van der Waals surface area contributed by atoms with Crippen molar-refractivity contribution in [3.05, 3.63) is 54.4 Å². The van der Waals surface area contributed by atoms with Crippen molar-refractivity contribution in [3.63, 3.8) is 0 Å². The van der Waals surface area contributed by atoms with Crippen molar-refractivity contribution in [1.29, 1.82) is 0 Å². The van der Waals surface area contributed by atoms with Crippen LogP contribution in [0.5, 0.6) is 5.88 Å². The molecule has 0 radical (unpaired) electrons. The molecule has 4 aromatic rings. The molecule has 138 valence electrons. The van der Waals surface area contributed by atoms with E-state index in [1.165, 1.54) is 22.6 Å². The van der Waals surface area contributed by atoms with E-state index >= 15 is 0 Å². The van der Waals surface area contributed by atoms with E-state index in [-0.39, 0.29) is 0 Å². The first-order valence-corrected chi connectivity index (χ1v) is 9.31. The number of imidazole rings is 1. The van der Waals surface area contributed by atoms with Gasteiger partial charge in [0.25, 0.3) is 0 Å². The van der Waals surface area contributed by atoms with Gasteiger partial charge in [-0.25, -0.2) is 14.5 Å². The van der Waals surface area contributed by atoms with Gasteiger partial charge in [-0.1, -0.05) is 23.5 Å². The zero-order valence-corrected chi connectivity index (χ0v) is 16.2. The molecule has 0 aliphatic carbocycles. The summed E-state index contributed by atoms with van der Waals surface area (Å²) in [6, 6.07) is 12.2. The summed E-state index contributed by atoms with van der Waals surface area (Å²) in [5.74, 6) is 0.584. The Hall–Kier alpha value is -3.13. The normalized spacial score (nSPS) is 10.9.